The highest BCUT2D eigenvalue weighted by Crippen LogP contribution is 2.41. The molecule has 0 bridgehead atoms. The van der Waals surface area contributed by atoms with Crippen molar-refractivity contribution in [2.24, 2.45) is 11.8 Å². The summed E-state index contributed by atoms with van der Waals surface area (Å²) in [6.07, 6.45) is 20.1. The van der Waals surface area contributed by atoms with E-state index in [4.69, 9.17) is 0 Å². The van der Waals surface area contributed by atoms with Gasteiger partial charge in [-0.2, -0.15) is 0 Å². The Labute approximate surface area is 224 Å². The van der Waals surface area contributed by atoms with Crippen molar-refractivity contribution < 1.29 is 0 Å². The molecule has 4 aliphatic rings. The van der Waals surface area contributed by atoms with E-state index in [-0.39, 0.29) is 0 Å². The Hall–Kier alpha value is -4.30. The van der Waals surface area contributed by atoms with E-state index in [1.165, 1.54) is 55.8 Å². The molecule has 3 atom stereocenters. The van der Waals surface area contributed by atoms with E-state index in [1.54, 1.807) is 0 Å². The molecular weight excluding hydrogens is 460 g/mol. The second kappa shape index (κ2) is 8.63. The van der Waals surface area contributed by atoms with Crippen molar-refractivity contribution >= 4 is 17.0 Å². The molecule has 3 aromatic carbocycles. The van der Waals surface area contributed by atoms with Crippen molar-refractivity contribution in [2.45, 2.75) is 25.3 Å². The van der Waals surface area contributed by atoms with Gasteiger partial charge in [-0.1, -0.05) is 97.1 Å². The van der Waals surface area contributed by atoms with Gasteiger partial charge in [-0.05, 0) is 71.4 Å². The van der Waals surface area contributed by atoms with Gasteiger partial charge in [0.25, 0.3) is 0 Å². The van der Waals surface area contributed by atoms with E-state index in [1.807, 2.05) is 0 Å². The molecule has 2 nitrogen and oxygen atoms in total. The number of nitrogens with one attached hydrogen (secondary N) is 1. The number of nitrogens with zero attached hydrogens (tertiary/aromatic N) is 1. The third-order valence-corrected chi connectivity index (χ3v) is 8.73. The number of allylic oxidation sites excluding steroid dienone is 6. The van der Waals surface area contributed by atoms with Crippen LogP contribution in [0.25, 0.3) is 33.8 Å². The Kier molecular flexibility index (Phi) is 4.94. The Morgan fingerprint density at radius 1 is 0.789 bits per heavy atom. The zero-order valence-corrected chi connectivity index (χ0v) is 21.3. The van der Waals surface area contributed by atoms with Crippen molar-refractivity contribution in [1.29, 1.82) is 0 Å². The van der Waals surface area contributed by atoms with Crippen LogP contribution in [0.3, 0.4) is 0 Å². The number of aromatic nitrogens is 1. The molecule has 3 aliphatic carbocycles. The Morgan fingerprint density at radius 2 is 1.66 bits per heavy atom. The van der Waals surface area contributed by atoms with E-state index in [9.17, 15) is 0 Å². The van der Waals surface area contributed by atoms with E-state index >= 15 is 0 Å². The molecule has 38 heavy (non-hydrogen) atoms. The first-order chi connectivity index (χ1) is 18.8. The standard InChI is InChI=1S/C36H30N2/c1-2-9-24(10-3-1)25-11-8-12-28(21-25)38-35-16-7-5-14-31(35)32-22-26(18-20-36(32)38)27-17-19-30-29-13-4-6-15-33(29)37-34(30)23-27/h1-5,7-14,16-21,23,26,30,34,37H,6,15,22H2. The van der Waals surface area contributed by atoms with Crippen molar-refractivity contribution in [3.63, 3.8) is 0 Å². The highest BCUT2D eigenvalue weighted by Gasteiger charge is 2.34. The summed E-state index contributed by atoms with van der Waals surface area (Å²) in [7, 11) is 0. The van der Waals surface area contributed by atoms with Gasteiger partial charge in [0.05, 0.1) is 11.6 Å². The largest absolute Gasteiger partial charge is 0.381 e. The lowest BCUT2D eigenvalue weighted by Crippen LogP contribution is -2.29. The molecule has 0 fully saturated rings. The van der Waals surface area contributed by atoms with Gasteiger partial charge in [0, 0.05) is 34.3 Å². The Morgan fingerprint density at radius 3 is 2.61 bits per heavy atom. The monoisotopic (exact) mass is 490 g/mol. The van der Waals surface area contributed by atoms with Crippen LogP contribution in [0, 0.1) is 11.8 Å². The number of para-hydroxylation sites is 1. The second-order valence-corrected chi connectivity index (χ2v) is 10.9. The van der Waals surface area contributed by atoms with Crippen molar-refractivity contribution in [1.82, 2.24) is 9.88 Å². The Balaban J connectivity index is 1.17. The topological polar surface area (TPSA) is 17.0 Å². The lowest BCUT2D eigenvalue weighted by Gasteiger charge is -2.26. The number of rotatable bonds is 3. The highest BCUT2D eigenvalue weighted by atomic mass is 15.0. The molecular formula is C36H30N2. The molecule has 0 spiro atoms. The van der Waals surface area contributed by atoms with Crippen LogP contribution >= 0.6 is 0 Å². The summed E-state index contributed by atoms with van der Waals surface area (Å²) in [5.41, 5.74) is 12.1. The molecule has 0 amide bonds. The second-order valence-electron chi connectivity index (χ2n) is 10.9. The molecule has 1 N–H and O–H groups in total. The van der Waals surface area contributed by atoms with Crippen LogP contribution < -0.4 is 5.32 Å². The number of hydrogen-bond donors (Lipinski definition) is 1. The Bertz CT molecular complexity index is 1720. The summed E-state index contributed by atoms with van der Waals surface area (Å²) >= 11 is 0. The van der Waals surface area contributed by atoms with E-state index < -0.39 is 0 Å². The molecule has 0 radical (unpaired) electrons. The van der Waals surface area contributed by atoms with Gasteiger partial charge in [0.2, 0.25) is 0 Å². The average molecular weight is 491 g/mol. The molecule has 2 heterocycles. The van der Waals surface area contributed by atoms with E-state index in [2.05, 4.69) is 131 Å². The molecule has 1 aliphatic heterocycles. The summed E-state index contributed by atoms with van der Waals surface area (Å²) in [6.45, 7) is 0. The first kappa shape index (κ1) is 21.8. The van der Waals surface area contributed by atoms with Crippen LogP contribution in [-0.2, 0) is 6.42 Å². The number of hydrogen-bond acceptors (Lipinski definition) is 1. The number of fused-ring (bicyclic) bond motifs is 5. The molecule has 184 valence electrons. The smallest absolute Gasteiger partial charge is 0.0551 e. The van der Waals surface area contributed by atoms with Crippen LogP contribution in [0.1, 0.15) is 24.1 Å². The van der Waals surface area contributed by atoms with Gasteiger partial charge in [0.1, 0.15) is 0 Å². The van der Waals surface area contributed by atoms with Crippen molar-refractivity contribution in [3.05, 3.63) is 143 Å². The zero-order valence-electron chi connectivity index (χ0n) is 21.3. The van der Waals surface area contributed by atoms with Crippen molar-refractivity contribution in [3.8, 4) is 16.8 Å². The quantitative estimate of drug-likeness (QED) is 0.306. The minimum Gasteiger partial charge on any atom is -0.381 e. The fourth-order valence-corrected chi connectivity index (χ4v) is 6.90. The van der Waals surface area contributed by atoms with Gasteiger partial charge in [-0.15, -0.1) is 0 Å². The molecule has 0 saturated carbocycles. The minimum atomic E-state index is 0.389. The summed E-state index contributed by atoms with van der Waals surface area (Å²) in [5, 5.41) is 5.19. The molecule has 1 aromatic heterocycles. The van der Waals surface area contributed by atoms with Gasteiger partial charge < -0.3 is 9.88 Å². The van der Waals surface area contributed by atoms with Crippen LogP contribution in [-0.4, -0.2) is 10.6 Å². The molecule has 0 saturated heterocycles. The predicted octanol–water partition coefficient (Wildman–Crippen LogP) is 8.17. The van der Waals surface area contributed by atoms with Crippen LogP contribution in [0.15, 0.2) is 132 Å². The van der Waals surface area contributed by atoms with Gasteiger partial charge in [-0.3, -0.25) is 0 Å². The molecule has 4 aromatic rings. The summed E-state index contributed by atoms with van der Waals surface area (Å²) in [6, 6.07) is 28.9. The molecule has 2 heteroatoms. The van der Waals surface area contributed by atoms with Crippen LogP contribution in [0.5, 0.6) is 0 Å². The molecule has 8 rings (SSSR count). The van der Waals surface area contributed by atoms with Gasteiger partial charge in [0.15, 0.2) is 0 Å². The lowest BCUT2D eigenvalue weighted by molar-refractivity contribution is 0.606. The molecule has 3 unspecified atom stereocenters. The number of benzene rings is 3. The third kappa shape index (κ3) is 3.40. The lowest BCUT2D eigenvalue weighted by atomic mass is 9.80. The van der Waals surface area contributed by atoms with Gasteiger partial charge >= 0.3 is 0 Å². The first-order valence-corrected chi connectivity index (χ1v) is 13.9. The maximum absolute atomic E-state index is 3.83. The van der Waals surface area contributed by atoms with Crippen LogP contribution in [0.2, 0.25) is 0 Å². The predicted molar refractivity (Wildman–Crippen MR) is 158 cm³/mol. The zero-order chi connectivity index (χ0) is 25.1. The normalized spacial score (nSPS) is 23.2. The van der Waals surface area contributed by atoms with E-state index in [0.29, 0.717) is 17.9 Å². The minimum absolute atomic E-state index is 0.389. The first-order valence-electron chi connectivity index (χ1n) is 13.9. The highest BCUT2D eigenvalue weighted by molar-refractivity contribution is 5.91. The third-order valence-electron chi connectivity index (χ3n) is 8.73. The maximum Gasteiger partial charge on any atom is 0.0551 e. The van der Waals surface area contributed by atoms with Gasteiger partial charge in [-0.25, -0.2) is 0 Å². The average Bonchev–Trinajstić information content (AvgIpc) is 3.52. The SMILES string of the molecule is C1=CC2=C(CC1)NC1C=C(C3C=Cc4c(c5ccccc5n4-c4cccc(-c5ccccc5)c4)C3)C=CC21. The van der Waals surface area contributed by atoms with Crippen LogP contribution in [0.4, 0.5) is 0 Å². The maximum atomic E-state index is 3.83. The summed E-state index contributed by atoms with van der Waals surface area (Å²) in [4.78, 5) is 0. The van der Waals surface area contributed by atoms with Crippen molar-refractivity contribution in [2.75, 3.05) is 0 Å². The fourth-order valence-electron chi connectivity index (χ4n) is 6.90. The summed E-state index contributed by atoms with van der Waals surface area (Å²) < 4.78 is 2.45. The van der Waals surface area contributed by atoms with E-state index in [0.717, 1.165) is 19.3 Å². The summed E-state index contributed by atoms with van der Waals surface area (Å²) in [5.74, 6) is 0.872. The fraction of sp³-hybridized carbons (Fsp3) is 0.167.